The van der Waals surface area contributed by atoms with Gasteiger partial charge in [0.05, 0.1) is 6.42 Å². The van der Waals surface area contributed by atoms with Gasteiger partial charge in [0.15, 0.2) is 0 Å². The van der Waals surface area contributed by atoms with Gasteiger partial charge in [0.25, 0.3) is 5.22 Å². The number of amides is 1. The molecular formula is C22H23N3O2S. The number of carbonyl (C=O) groups excluding carboxylic acids is 1. The maximum atomic E-state index is 13.2. The minimum absolute atomic E-state index is 0.124. The highest BCUT2D eigenvalue weighted by atomic mass is 32.2. The van der Waals surface area contributed by atoms with Crippen LogP contribution in [0.25, 0.3) is 0 Å². The van der Waals surface area contributed by atoms with Gasteiger partial charge in [-0.2, -0.15) is 0 Å². The van der Waals surface area contributed by atoms with Gasteiger partial charge in [0, 0.05) is 13.1 Å². The number of piperidine rings is 1. The summed E-state index contributed by atoms with van der Waals surface area (Å²) in [5.74, 6) is 0.685. The molecule has 2 aromatic carbocycles. The average molecular weight is 394 g/mol. The minimum Gasteiger partial charge on any atom is -0.416 e. The van der Waals surface area contributed by atoms with Crippen LogP contribution in [0.15, 0.2) is 70.3 Å². The topological polar surface area (TPSA) is 59.2 Å². The van der Waals surface area contributed by atoms with Crippen molar-refractivity contribution in [3.8, 4) is 0 Å². The van der Waals surface area contributed by atoms with Crippen molar-refractivity contribution in [2.75, 3.05) is 13.1 Å². The molecule has 1 saturated heterocycles. The molecule has 4 rings (SSSR count). The quantitative estimate of drug-likeness (QED) is 0.577. The molecule has 1 aromatic heterocycles. The summed E-state index contributed by atoms with van der Waals surface area (Å²) in [4.78, 5) is 15.2. The predicted octanol–water partition coefficient (Wildman–Crippen LogP) is 4.51. The van der Waals surface area contributed by atoms with Crippen LogP contribution in [0.4, 0.5) is 0 Å². The first-order valence-electron chi connectivity index (χ1n) is 9.66. The fourth-order valence-corrected chi connectivity index (χ4v) is 4.37. The second-order valence-electron chi connectivity index (χ2n) is 6.92. The van der Waals surface area contributed by atoms with E-state index in [-0.39, 0.29) is 11.2 Å². The molecule has 5 nitrogen and oxygen atoms in total. The Bertz CT molecular complexity index is 892. The van der Waals surface area contributed by atoms with Gasteiger partial charge in [-0.3, -0.25) is 4.79 Å². The highest BCUT2D eigenvalue weighted by molar-refractivity contribution is 8.00. The Labute approximate surface area is 169 Å². The normalized spacial score (nSPS) is 15.4. The molecule has 0 aliphatic carbocycles. The van der Waals surface area contributed by atoms with Gasteiger partial charge < -0.3 is 9.32 Å². The molecule has 0 N–H and O–H groups in total. The molecule has 0 unspecified atom stereocenters. The molecule has 1 atom stereocenters. The van der Waals surface area contributed by atoms with E-state index in [0.29, 0.717) is 17.5 Å². The van der Waals surface area contributed by atoms with E-state index in [4.69, 9.17) is 4.42 Å². The van der Waals surface area contributed by atoms with E-state index in [1.165, 1.54) is 18.2 Å². The molecule has 28 heavy (non-hydrogen) atoms. The number of benzene rings is 2. The van der Waals surface area contributed by atoms with Crippen LogP contribution in [0.5, 0.6) is 0 Å². The fourth-order valence-electron chi connectivity index (χ4n) is 3.40. The van der Waals surface area contributed by atoms with Gasteiger partial charge in [-0.25, -0.2) is 0 Å². The van der Waals surface area contributed by atoms with E-state index in [0.717, 1.165) is 37.1 Å². The largest absolute Gasteiger partial charge is 0.416 e. The summed E-state index contributed by atoms with van der Waals surface area (Å²) in [5, 5.41) is 8.41. The highest BCUT2D eigenvalue weighted by Gasteiger charge is 2.29. The van der Waals surface area contributed by atoms with Crippen LogP contribution in [-0.4, -0.2) is 34.1 Å². The first-order chi connectivity index (χ1) is 13.8. The fraction of sp³-hybridized carbons (Fsp3) is 0.318. The standard InChI is InChI=1S/C22H23N3O2S/c26-21(25-14-8-3-9-15-25)20(18-12-6-2-7-13-18)28-22-24-23-19(27-22)16-17-10-4-1-5-11-17/h1-2,4-7,10-13,20H,3,8-9,14-16H2/t20-/m1/s1. The summed E-state index contributed by atoms with van der Waals surface area (Å²) in [6, 6.07) is 19.9. The van der Waals surface area contributed by atoms with Gasteiger partial charge in [-0.05, 0) is 42.2 Å². The Morgan fingerprint density at radius 2 is 1.64 bits per heavy atom. The zero-order valence-corrected chi connectivity index (χ0v) is 16.5. The molecule has 6 heteroatoms. The number of carbonyl (C=O) groups is 1. The molecule has 1 aliphatic heterocycles. The number of rotatable bonds is 6. The smallest absolute Gasteiger partial charge is 0.277 e. The van der Waals surface area contributed by atoms with Crippen LogP contribution in [0.2, 0.25) is 0 Å². The lowest BCUT2D eigenvalue weighted by atomic mass is 10.1. The summed E-state index contributed by atoms with van der Waals surface area (Å²) >= 11 is 1.34. The first kappa shape index (κ1) is 18.7. The number of thioether (sulfide) groups is 1. The highest BCUT2D eigenvalue weighted by Crippen LogP contribution is 2.36. The molecule has 1 fully saturated rings. The number of hydrogen-bond donors (Lipinski definition) is 0. The van der Waals surface area contributed by atoms with Crippen molar-refractivity contribution in [3.63, 3.8) is 0 Å². The van der Waals surface area contributed by atoms with Gasteiger partial charge in [0.1, 0.15) is 5.25 Å². The van der Waals surface area contributed by atoms with Gasteiger partial charge in [0.2, 0.25) is 11.8 Å². The molecule has 1 amide bonds. The monoisotopic (exact) mass is 393 g/mol. The summed E-state index contributed by atoms with van der Waals surface area (Å²) in [6.45, 7) is 1.65. The average Bonchev–Trinajstić information content (AvgIpc) is 3.20. The molecule has 3 aromatic rings. The summed E-state index contributed by atoms with van der Waals surface area (Å²) in [6.07, 6.45) is 3.92. The Morgan fingerprint density at radius 3 is 2.36 bits per heavy atom. The van der Waals surface area contributed by atoms with Crippen molar-refractivity contribution >= 4 is 17.7 Å². The van der Waals surface area contributed by atoms with Crippen molar-refractivity contribution in [3.05, 3.63) is 77.7 Å². The first-order valence-corrected chi connectivity index (χ1v) is 10.5. The molecule has 1 aliphatic rings. The van der Waals surface area contributed by atoms with E-state index in [2.05, 4.69) is 10.2 Å². The van der Waals surface area contributed by atoms with Crippen LogP contribution in [0.3, 0.4) is 0 Å². The second-order valence-corrected chi connectivity index (χ2v) is 7.97. The Kier molecular flexibility index (Phi) is 6.07. The van der Waals surface area contributed by atoms with Crippen LogP contribution in [0, 0.1) is 0 Å². The predicted molar refractivity (Wildman–Crippen MR) is 109 cm³/mol. The van der Waals surface area contributed by atoms with Gasteiger partial charge >= 0.3 is 0 Å². The van der Waals surface area contributed by atoms with Crippen molar-refractivity contribution in [2.45, 2.75) is 36.2 Å². The third-order valence-corrected chi connectivity index (χ3v) is 5.94. The lowest BCUT2D eigenvalue weighted by molar-refractivity contribution is -0.131. The van der Waals surface area contributed by atoms with Crippen molar-refractivity contribution in [1.82, 2.24) is 15.1 Å². The van der Waals surface area contributed by atoms with E-state index in [9.17, 15) is 4.79 Å². The summed E-state index contributed by atoms with van der Waals surface area (Å²) in [5.41, 5.74) is 2.08. The number of aromatic nitrogens is 2. The number of hydrogen-bond acceptors (Lipinski definition) is 5. The number of nitrogens with zero attached hydrogens (tertiary/aromatic N) is 3. The third kappa shape index (κ3) is 4.62. The molecule has 2 heterocycles. The molecular weight excluding hydrogens is 370 g/mol. The van der Waals surface area contributed by atoms with Crippen LogP contribution >= 0.6 is 11.8 Å². The molecule has 0 saturated carbocycles. The zero-order valence-electron chi connectivity index (χ0n) is 15.7. The second kappa shape index (κ2) is 9.06. The van der Waals surface area contributed by atoms with E-state index >= 15 is 0 Å². The van der Waals surface area contributed by atoms with Crippen LogP contribution in [-0.2, 0) is 11.2 Å². The maximum Gasteiger partial charge on any atom is 0.277 e. The Morgan fingerprint density at radius 1 is 0.964 bits per heavy atom. The van der Waals surface area contributed by atoms with E-state index < -0.39 is 0 Å². The molecule has 0 radical (unpaired) electrons. The lowest BCUT2D eigenvalue weighted by Gasteiger charge is -2.29. The molecule has 0 bridgehead atoms. The molecule has 144 valence electrons. The Balaban J connectivity index is 1.52. The van der Waals surface area contributed by atoms with Crippen molar-refractivity contribution in [2.24, 2.45) is 0 Å². The zero-order chi connectivity index (χ0) is 19.2. The SMILES string of the molecule is O=C([C@H](Sc1nnc(Cc2ccccc2)o1)c1ccccc1)N1CCCCC1. The summed E-state index contributed by atoms with van der Waals surface area (Å²) < 4.78 is 5.85. The lowest BCUT2D eigenvalue weighted by Crippen LogP contribution is -2.38. The van der Waals surface area contributed by atoms with E-state index in [1.807, 2.05) is 65.6 Å². The molecule has 0 spiro atoms. The van der Waals surface area contributed by atoms with Crippen molar-refractivity contribution in [1.29, 1.82) is 0 Å². The van der Waals surface area contributed by atoms with Crippen LogP contribution in [0.1, 0.15) is 41.5 Å². The van der Waals surface area contributed by atoms with Gasteiger partial charge in [-0.15, -0.1) is 10.2 Å². The minimum atomic E-state index is -0.371. The van der Waals surface area contributed by atoms with E-state index in [1.54, 1.807) is 0 Å². The van der Waals surface area contributed by atoms with Crippen molar-refractivity contribution < 1.29 is 9.21 Å². The number of likely N-dealkylation sites (tertiary alicyclic amines) is 1. The van der Waals surface area contributed by atoms with Crippen LogP contribution < -0.4 is 0 Å². The summed E-state index contributed by atoms with van der Waals surface area (Å²) in [7, 11) is 0. The third-order valence-electron chi connectivity index (χ3n) is 4.86. The Hall–Kier alpha value is -2.60. The maximum absolute atomic E-state index is 13.2. The van der Waals surface area contributed by atoms with Gasteiger partial charge in [-0.1, -0.05) is 60.7 Å².